The summed E-state index contributed by atoms with van der Waals surface area (Å²) in [6.45, 7) is 0.304. The van der Waals surface area contributed by atoms with Crippen LogP contribution in [-0.4, -0.2) is 18.2 Å². The SMILES string of the molecule is COc1ccc(N=C2NC(=O)/C(=C\c3cc(Br)ccc3OCc3ccc(Cl)c(Cl)c3)S2)cc1. The molecule has 0 bridgehead atoms. The van der Waals surface area contributed by atoms with Crippen LogP contribution < -0.4 is 14.8 Å². The predicted molar refractivity (Wildman–Crippen MR) is 139 cm³/mol. The monoisotopic (exact) mass is 562 g/mol. The number of aliphatic imine (C=N–C) groups is 1. The number of thioether (sulfide) groups is 1. The van der Waals surface area contributed by atoms with Crippen molar-refractivity contribution in [2.24, 2.45) is 4.99 Å². The number of nitrogens with one attached hydrogen (secondary N) is 1. The summed E-state index contributed by atoms with van der Waals surface area (Å²) < 4.78 is 12.0. The molecule has 33 heavy (non-hydrogen) atoms. The molecule has 3 aromatic carbocycles. The van der Waals surface area contributed by atoms with Gasteiger partial charge in [-0.3, -0.25) is 4.79 Å². The predicted octanol–water partition coefficient (Wildman–Crippen LogP) is 7.24. The van der Waals surface area contributed by atoms with Gasteiger partial charge in [-0.1, -0.05) is 45.2 Å². The molecule has 4 rings (SSSR count). The number of halogens is 3. The van der Waals surface area contributed by atoms with Crippen molar-refractivity contribution in [3.63, 3.8) is 0 Å². The van der Waals surface area contributed by atoms with Gasteiger partial charge >= 0.3 is 0 Å². The molecule has 0 atom stereocenters. The highest BCUT2D eigenvalue weighted by Gasteiger charge is 2.24. The van der Waals surface area contributed by atoms with Crippen molar-refractivity contribution in [2.45, 2.75) is 6.61 Å². The Bertz CT molecular complexity index is 1260. The second-order valence-corrected chi connectivity index (χ2v) is 9.66. The molecule has 5 nitrogen and oxygen atoms in total. The van der Waals surface area contributed by atoms with Crippen molar-refractivity contribution in [2.75, 3.05) is 7.11 Å². The third kappa shape index (κ3) is 6.12. The third-order valence-electron chi connectivity index (χ3n) is 4.59. The smallest absolute Gasteiger partial charge is 0.264 e. The Morgan fingerprint density at radius 2 is 1.85 bits per heavy atom. The molecule has 0 aromatic heterocycles. The molecule has 1 amide bonds. The van der Waals surface area contributed by atoms with Crippen molar-refractivity contribution < 1.29 is 14.3 Å². The number of ether oxygens (including phenoxy) is 2. The zero-order valence-corrected chi connectivity index (χ0v) is 21.2. The molecule has 0 radical (unpaired) electrons. The minimum Gasteiger partial charge on any atom is -0.497 e. The van der Waals surface area contributed by atoms with Gasteiger partial charge in [0, 0.05) is 10.0 Å². The van der Waals surface area contributed by atoms with Crippen molar-refractivity contribution in [1.82, 2.24) is 5.32 Å². The first kappa shape index (κ1) is 23.7. The van der Waals surface area contributed by atoms with E-state index in [1.54, 1.807) is 25.3 Å². The van der Waals surface area contributed by atoms with Crippen LogP contribution in [0, 0.1) is 0 Å². The zero-order chi connectivity index (χ0) is 23.4. The quantitative estimate of drug-likeness (QED) is 0.321. The van der Waals surface area contributed by atoms with Gasteiger partial charge < -0.3 is 14.8 Å². The van der Waals surface area contributed by atoms with E-state index in [-0.39, 0.29) is 5.91 Å². The van der Waals surface area contributed by atoms with Crippen molar-refractivity contribution in [1.29, 1.82) is 0 Å². The maximum Gasteiger partial charge on any atom is 0.264 e. The molecule has 0 saturated carbocycles. The van der Waals surface area contributed by atoms with Crippen LogP contribution in [0.2, 0.25) is 10.0 Å². The Hall–Kier alpha value is -2.45. The molecule has 0 aliphatic carbocycles. The Morgan fingerprint density at radius 3 is 2.58 bits per heavy atom. The van der Waals surface area contributed by atoms with Gasteiger partial charge in [-0.15, -0.1) is 0 Å². The summed E-state index contributed by atoms with van der Waals surface area (Å²) >= 11 is 16.8. The van der Waals surface area contributed by atoms with Crippen LogP contribution in [-0.2, 0) is 11.4 Å². The fraction of sp³-hybridized carbons (Fsp3) is 0.0833. The third-order valence-corrected chi connectivity index (χ3v) is 6.73. The lowest BCUT2D eigenvalue weighted by atomic mass is 10.2. The van der Waals surface area contributed by atoms with E-state index in [1.165, 1.54) is 11.8 Å². The van der Waals surface area contributed by atoms with Gasteiger partial charge in [-0.2, -0.15) is 0 Å². The van der Waals surface area contributed by atoms with E-state index in [0.29, 0.717) is 38.2 Å². The van der Waals surface area contributed by atoms with E-state index in [1.807, 2.05) is 48.5 Å². The number of methoxy groups -OCH3 is 1. The second-order valence-electron chi connectivity index (χ2n) is 6.90. The lowest BCUT2D eigenvalue weighted by Crippen LogP contribution is -2.19. The maximum absolute atomic E-state index is 12.5. The highest BCUT2D eigenvalue weighted by molar-refractivity contribution is 9.10. The molecule has 1 fully saturated rings. The highest BCUT2D eigenvalue weighted by Crippen LogP contribution is 2.33. The fourth-order valence-corrected chi connectivity index (χ4v) is 4.48. The number of amidine groups is 1. The summed E-state index contributed by atoms with van der Waals surface area (Å²) in [6, 6.07) is 18.2. The van der Waals surface area contributed by atoms with E-state index in [0.717, 1.165) is 21.3 Å². The van der Waals surface area contributed by atoms with Gasteiger partial charge in [0.15, 0.2) is 5.17 Å². The van der Waals surface area contributed by atoms with Gasteiger partial charge in [0.25, 0.3) is 5.91 Å². The number of hydrogen-bond donors (Lipinski definition) is 1. The summed E-state index contributed by atoms with van der Waals surface area (Å²) in [6.07, 6.45) is 1.78. The van der Waals surface area contributed by atoms with Crippen molar-refractivity contribution in [3.8, 4) is 11.5 Å². The van der Waals surface area contributed by atoms with Gasteiger partial charge in [0.1, 0.15) is 18.1 Å². The van der Waals surface area contributed by atoms with E-state index < -0.39 is 0 Å². The zero-order valence-electron chi connectivity index (χ0n) is 17.3. The highest BCUT2D eigenvalue weighted by atomic mass is 79.9. The topological polar surface area (TPSA) is 59.9 Å². The van der Waals surface area contributed by atoms with Crippen LogP contribution in [0.15, 0.2) is 75.0 Å². The van der Waals surface area contributed by atoms with Crippen LogP contribution in [0.3, 0.4) is 0 Å². The van der Waals surface area contributed by atoms with Crippen molar-refractivity contribution >= 4 is 73.7 Å². The van der Waals surface area contributed by atoms with Crippen LogP contribution in [0.4, 0.5) is 5.69 Å². The number of amides is 1. The fourth-order valence-electron chi connectivity index (χ4n) is 2.95. The molecule has 168 valence electrons. The summed E-state index contributed by atoms with van der Waals surface area (Å²) in [5.41, 5.74) is 2.36. The number of benzene rings is 3. The second kappa shape index (κ2) is 10.7. The first-order valence-corrected chi connectivity index (χ1v) is 12.1. The minimum absolute atomic E-state index is 0.220. The van der Waals surface area contributed by atoms with Crippen LogP contribution in [0.25, 0.3) is 6.08 Å². The number of hydrogen-bond acceptors (Lipinski definition) is 5. The van der Waals surface area contributed by atoms with Crippen LogP contribution >= 0.6 is 50.9 Å². The van der Waals surface area contributed by atoms with E-state index >= 15 is 0 Å². The molecule has 1 heterocycles. The van der Waals surface area contributed by atoms with E-state index in [9.17, 15) is 4.79 Å². The van der Waals surface area contributed by atoms with Gasteiger partial charge in [-0.05, 0) is 78.0 Å². The van der Waals surface area contributed by atoms with E-state index in [4.69, 9.17) is 32.7 Å². The molecular formula is C24H17BrCl2N2O3S. The normalized spacial score (nSPS) is 15.7. The Kier molecular flexibility index (Phi) is 7.65. The standard InChI is InChI=1S/C24H17BrCl2N2O3S/c1-31-18-6-4-17(5-7-18)28-24-29-23(30)22(33-24)12-15-11-16(25)3-9-21(15)32-13-14-2-8-19(26)20(27)10-14/h2-12H,13H2,1H3,(H,28,29,30)/b22-12+. The molecule has 0 spiro atoms. The lowest BCUT2D eigenvalue weighted by molar-refractivity contribution is -0.115. The molecular weight excluding hydrogens is 547 g/mol. The molecule has 9 heteroatoms. The minimum atomic E-state index is -0.220. The lowest BCUT2D eigenvalue weighted by Gasteiger charge is -2.11. The average Bonchev–Trinajstić information content (AvgIpc) is 3.14. The average molecular weight is 564 g/mol. The molecule has 1 saturated heterocycles. The molecule has 0 unspecified atom stereocenters. The van der Waals surface area contributed by atoms with E-state index in [2.05, 4.69) is 26.2 Å². The number of carbonyl (C=O) groups is 1. The number of rotatable bonds is 6. The molecule has 1 aliphatic heterocycles. The van der Waals surface area contributed by atoms with Gasteiger partial charge in [0.2, 0.25) is 0 Å². The summed E-state index contributed by atoms with van der Waals surface area (Å²) in [4.78, 5) is 17.6. The van der Waals surface area contributed by atoms with Crippen molar-refractivity contribution in [3.05, 3.63) is 91.2 Å². The Labute approximate surface area is 213 Å². The first-order valence-electron chi connectivity index (χ1n) is 9.71. The molecule has 1 aliphatic rings. The van der Waals surface area contributed by atoms with Crippen LogP contribution in [0.1, 0.15) is 11.1 Å². The Morgan fingerprint density at radius 1 is 1.06 bits per heavy atom. The summed E-state index contributed by atoms with van der Waals surface area (Å²) in [5.74, 6) is 1.15. The Balaban J connectivity index is 1.53. The summed E-state index contributed by atoms with van der Waals surface area (Å²) in [7, 11) is 1.61. The van der Waals surface area contributed by atoms with Gasteiger partial charge in [-0.25, -0.2) is 4.99 Å². The van der Waals surface area contributed by atoms with Crippen LogP contribution in [0.5, 0.6) is 11.5 Å². The number of nitrogens with zero attached hydrogens (tertiary/aromatic N) is 1. The summed E-state index contributed by atoms with van der Waals surface area (Å²) in [5, 5.41) is 4.27. The molecule has 1 N–H and O–H groups in total. The molecule has 3 aromatic rings. The number of carbonyl (C=O) groups excluding carboxylic acids is 1. The largest absolute Gasteiger partial charge is 0.497 e. The maximum atomic E-state index is 12.5. The van der Waals surface area contributed by atoms with Gasteiger partial charge in [0.05, 0.1) is 27.7 Å². The first-order chi connectivity index (χ1) is 15.9.